The quantitative estimate of drug-likeness (QED) is 0.784. The average Bonchev–Trinajstić information content (AvgIpc) is 3.02. The van der Waals surface area contributed by atoms with Crippen LogP contribution in [0, 0.1) is 0 Å². The van der Waals surface area contributed by atoms with Crippen molar-refractivity contribution in [2.45, 2.75) is 38.8 Å². The van der Waals surface area contributed by atoms with Gasteiger partial charge in [0.1, 0.15) is 10.7 Å². The van der Waals surface area contributed by atoms with Gasteiger partial charge in [-0.2, -0.15) is 0 Å². The Morgan fingerprint density at radius 1 is 1.29 bits per heavy atom. The van der Waals surface area contributed by atoms with E-state index in [1.54, 1.807) is 11.3 Å². The molecule has 1 saturated heterocycles. The minimum atomic E-state index is -0.0280. The SMILES string of the molecule is C[C@@H]1CCCCN1Cc1nc2scc(-c3ccccc3)c2c(=O)[nH]1. The molecule has 124 valence electrons. The van der Waals surface area contributed by atoms with E-state index in [1.807, 2.05) is 35.7 Å². The lowest BCUT2D eigenvalue weighted by Gasteiger charge is -2.32. The van der Waals surface area contributed by atoms with Crippen molar-refractivity contribution in [3.8, 4) is 11.1 Å². The summed E-state index contributed by atoms with van der Waals surface area (Å²) in [6.07, 6.45) is 3.75. The fourth-order valence-electron chi connectivity index (χ4n) is 3.48. The lowest BCUT2D eigenvalue weighted by Crippen LogP contribution is -2.37. The van der Waals surface area contributed by atoms with Gasteiger partial charge in [0.2, 0.25) is 0 Å². The van der Waals surface area contributed by atoms with Crippen LogP contribution in [0.4, 0.5) is 0 Å². The van der Waals surface area contributed by atoms with E-state index >= 15 is 0 Å². The average molecular weight is 339 g/mol. The van der Waals surface area contributed by atoms with Gasteiger partial charge < -0.3 is 4.98 Å². The molecule has 1 aliphatic rings. The molecule has 2 aromatic heterocycles. The molecule has 3 aromatic rings. The number of thiophene rings is 1. The molecule has 1 aromatic carbocycles. The number of nitrogens with one attached hydrogen (secondary N) is 1. The smallest absolute Gasteiger partial charge is 0.260 e. The number of aromatic nitrogens is 2. The monoisotopic (exact) mass is 339 g/mol. The number of likely N-dealkylation sites (tertiary alicyclic amines) is 1. The van der Waals surface area contributed by atoms with E-state index in [0.717, 1.165) is 34.9 Å². The highest BCUT2D eigenvalue weighted by atomic mass is 32.1. The van der Waals surface area contributed by atoms with E-state index in [9.17, 15) is 4.79 Å². The van der Waals surface area contributed by atoms with Crippen LogP contribution in [0.5, 0.6) is 0 Å². The van der Waals surface area contributed by atoms with Crippen molar-refractivity contribution in [1.82, 2.24) is 14.9 Å². The van der Waals surface area contributed by atoms with E-state index in [-0.39, 0.29) is 5.56 Å². The summed E-state index contributed by atoms with van der Waals surface area (Å²) in [4.78, 5) is 23.7. The van der Waals surface area contributed by atoms with E-state index in [4.69, 9.17) is 4.98 Å². The van der Waals surface area contributed by atoms with Gasteiger partial charge in [-0.25, -0.2) is 4.98 Å². The van der Waals surface area contributed by atoms with Crippen LogP contribution in [0.15, 0.2) is 40.5 Å². The summed E-state index contributed by atoms with van der Waals surface area (Å²) in [6.45, 7) is 4.07. The third kappa shape index (κ3) is 2.89. The number of piperidine rings is 1. The van der Waals surface area contributed by atoms with Crippen molar-refractivity contribution < 1.29 is 0 Å². The number of benzene rings is 1. The molecule has 0 radical (unpaired) electrons. The molecule has 1 N–H and O–H groups in total. The van der Waals surface area contributed by atoms with Gasteiger partial charge in [-0.1, -0.05) is 36.8 Å². The largest absolute Gasteiger partial charge is 0.309 e. The van der Waals surface area contributed by atoms with Crippen molar-refractivity contribution >= 4 is 21.6 Å². The Balaban J connectivity index is 1.70. The van der Waals surface area contributed by atoms with Gasteiger partial charge in [0.25, 0.3) is 5.56 Å². The summed E-state index contributed by atoms with van der Waals surface area (Å²) in [7, 11) is 0. The van der Waals surface area contributed by atoms with Crippen LogP contribution < -0.4 is 5.56 Å². The summed E-state index contributed by atoms with van der Waals surface area (Å²) >= 11 is 1.55. The van der Waals surface area contributed by atoms with Crippen molar-refractivity contribution in [1.29, 1.82) is 0 Å². The Hall–Kier alpha value is -1.98. The molecule has 4 nitrogen and oxygen atoms in total. The number of hydrogen-bond donors (Lipinski definition) is 1. The van der Waals surface area contributed by atoms with Crippen LogP contribution in [0.3, 0.4) is 0 Å². The fourth-order valence-corrected chi connectivity index (χ4v) is 4.45. The fraction of sp³-hybridized carbons (Fsp3) is 0.368. The molecule has 1 atom stereocenters. The first kappa shape index (κ1) is 15.5. The van der Waals surface area contributed by atoms with Crippen LogP contribution in [-0.2, 0) is 6.54 Å². The standard InChI is InChI=1S/C19H21N3OS/c1-13-7-5-6-10-22(13)11-16-20-18(23)17-15(12-24-19(17)21-16)14-8-3-2-4-9-14/h2-4,8-9,12-13H,5-7,10-11H2,1H3,(H,20,21,23)/t13-/m1/s1. The maximum atomic E-state index is 12.7. The third-order valence-corrected chi connectivity index (χ3v) is 5.74. The zero-order valence-corrected chi connectivity index (χ0v) is 14.6. The van der Waals surface area contributed by atoms with Crippen molar-refractivity contribution in [3.05, 3.63) is 51.9 Å². The molecule has 0 spiro atoms. The molecule has 1 fully saturated rings. The first-order valence-corrected chi connectivity index (χ1v) is 9.40. The molecule has 24 heavy (non-hydrogen) atoms. The zero-order chi connectivity index (χ0) is 16.5. The minimum Gasteiger partial charge on any atom is -0.309 e. The molecule has 4 rings (SSSR count). The van der Waals surface area contributed by atoms with Gasteiger partial charge in [0.15, 0.2) is 0 Å². The maximum absolute atomic E-state index is 12.7. The van der Waals surface area contributed by atoms with Crippen LogP contribution in [0.2, 0.25) is 0 Å². The normalized spacial score (nSPS) is 19.0. The number of aromatic amines is 1. The summed E-state index contributed by atoms with van der Waals surface area (Å²) < 4.78 is 0. The Labute approximate surface area is 145 Å². The molecule has 1 aliphatic heterocycles. The maximum Gasteiger partial charge on any atom is 0.260 e. The summed E-state index contributed by atoms with van der Waals surface area (Å²) in [6, 6.07) is 10.6. The molecule has 0 bridgehead atoms. The van der Waals surface area contributed by atoms with Gasteiger partial charge in [0.05, 0.1) is 11.9 Å². The van der Waals surface area contributed by atoms with Gasteiger partial charge in [0, 0.05) is 17.0 Å². The number of nitrogens with zero attached hydrogens (tertiary/aromatic N) is 2. The van der Waals surface area contributed by atoms with Crippen LogP contribution in [-0.4, -0.2) is 27.5 Å². The topological polar surface area (TPSA) is 49.0 Å². The Morgan fingerprint density at radius 3 is 2.92 bits per heavy atom. The Kier molecular flexibility index (Phi) is 4.21. The molecule has 3 heterocycles. The second kappa shape index (κ2) is 6.49. The van der Waals surface area contributed by atoms with Crippen molar-refractivity contribution in [2.24, 2.45) is 0 Å². The van der Waals surface area contributed by atoms with Crippen LogP contribution >= 0.6 is 11.3 Å². The van der Waals surface area contributed by atoms with Gasteiger partial charge in [-0.05, 0) is 31.9 Å². The second-order valence-corrected chi connectivity index (χ2v) is 7.38. The lowest BCUT2D eigenvalue weighted by atomic mass is 10.0. The van der Waals surface area contributed by atoms with E-state index in [1.165, 1.54) is 19.3 Å². The van der Waals surface area contributed by atoms with Gasteiger partial charge >= 0.3 is 0 Å². The van der Waals surface area contributed by atoms with Crippen molar-refractivity contribution in [3.63, 3.8) is 0 Å². The van der Waals surface area contributed by atoms with E-state index in [0.29, 0.717) is 11.4 Å². The van der Waals surface area contributed by atoms with E-state index in [2.05, 4.69) is 16.8 Å². The van der Waals surface area contributed by atoms with E-state index < -0.39 is 0 Å². The van der Waals surface area contributed by atoms with Crippen LogP contribution in [0.25, 0.3) is 21.3 Å². The predicted octanol–water partition coefficient (Wildman–Crippen LogP) is 4.03. The first-order chi connectivity index (χ1) is 11.7. The highest BCUT2D eigenvalue weighted by molar-refractivity contribution is 7.17. The Bertz CT molecular complexity index is 900. The van der Waals surface area contributed by atoms with Crippen molar-refractivity contribution in [2.75, 3.05) is 6.54 Å². The zero-order valence-electron chi connectivity index (χ0n) is 13.8. The highest BCUT2D eigenvalue weighted by Crippen LogP contribution is 2.30. The molecular weight excluding hydrogens is 318 g/mol. The molecule has 0 saturated carbocycles. The second-order valence-electron chi connectivity index (χ2n) is 6.52. The third-order valence-electron chi connectivity index (χ3n) is 4.87. The van der Waals surface area contributed by atoms with Crippen LogP contribution in [0.1, 0.15) is 32.0 Å². The summed E-state index contributed by atoms with van der Waals surface area (Å²) in [5.41, 5.74) is 2.01. The number of hydrogen-bond acceptors (Lipinski definition) is 4. The highest BCUT2D eigenvalue weighted by Gasteiger charge is 2.20. The molecule has 0 unspecified atom stereocenters. The number of fused-ring (bicyclic) bond motifs is 1. The number of H-pyrrole nitrogens is 1. The minimum absolute atomic E-state index is 0.0280. The summed E-state index contributed by atoms with van der Waals surface area (Å²) in [5.74, 6) is 0.780. The first-order valence-electron chi connectivity index (χ1n) is 8.52. The van der Waals surface area contributed by atoms with Gasteiger partial charge in [-0.3, -0.25) is 9.69 Å². The molecule has 5 heteroatoms. The van der Waals surface area contributed by atoms with Gasteiger partial charge in [-0.15, -0.1) is 11.3 Å². The lowest BCUT2D eigenvalue weighted by molar-refractivity contribution is 0.149. The molecule has 0 aliphatic carbocycles. The predicted molar refractivity (Wildman–Crippen MR) is 99.4 cm³/mol. The number of rotatable bonds is 3. The molecule has 0 amide bonds. The summed E-state index contributed by atoms with van der Waals surface area (Å²) in [5, 5.41) is 2.75. The Morgan fingerprint density at radius 2 is 2.12 bits per heavy atom. The molecular formula is C19H21N3OS.